The molecule has 0 saturated heterocycles. The van der Waals surface area contributed by atoms with Crippen LogP contribution in [-0.4, -0.2) is 32.2 Å². The summed E-state index contributed by atoms with van der Waals surface area (Å²) in [5.41, 5.74) is 5.17. The molecular formula is C9H19N3O3S. The molecule has 0 aromatic heterocycles. The van der Waals surface area contributed by atoms with Crippen LogP contribution in [0.25, 0.3) is 0 Å². The molecule has 6 nitrogen and oxygen atoms in total. The first-order valence-corrected chi connectivity index (χ1v) is 7.13. The number of nitrogens with two attached hydrogens (primary N) is 2. The third kappa shape index (κ3) is 4.07. The van der Waals surface area contributed by atoms with Gasteiger partial charge in [0.1, 0.15) is 0 Å². The van der Waals surface area contributed by atoms with Crippen molar-refractivity contribution in [2.75, 3.05) is 12.3 Å². The Morgan fingerprint density at radius 2 is 1.88 bits per heavy atom. The normalized spacial score (nSPS) is 19.6. The third-order valence-electron chi connectivity index (χ3n) is 2.84. The van der Waals surface area contributed by atoms with E-state index in [0.717, 1.165) is 12.8 Å². The van der Waals surface area contributed by atoms with Gasteiger partial charge >= 0.3 is 0 Å². The number of nitrogens with one attached hydrogen (secondary N) is 1. The van der Waals surface area contributed by atoms with Gasteiger partial charge in [-0.25, -0.2) is 13.6 Å². The molecular weight excluding hydrogens is 230 g/mol. The van der Waals surface area contributed by atoms with Crippen LogP contribution in [0.1, 0.15) is 32.1 Å². The fourth-order valence-electron chi connectivity index (χ4n) is 1.88. The van der Waals surface area contributed by atoms with Gasteiger partial charge in [-0.1, -0.05) is 12.8 Å². The van der Waals surface area contributed by atoms with Gasteiger partial charge in [0.2, 0.25) is 15.9 Å². The largest absolute Gasteiger partial charge is 0.354 e. The van der Waals surface area contributed by atoms with Crippen LogP contribution in [0.15, 0.2) is 0 Å². The molecule has 0 radical (unpaired) electrons. The van der Waals surface area contributed by atoms with Gasteiger partial charge in [-0.15, -0.1) is 0 Å². The number of rotatable bonds is 5. The van der Waals surface area contributed by atoms with Crippen LogP contribution in [0.5, 0.6) is 0 Å². The maximum absolute atomic E-state index is 11.7. The second kappa shape index (κ2) is 5.11. The molecule has 94 valence electrons. The molecule has 16 heavy (non-hydrogen) atoms. The average Bonchev–Trinajstić information content (AvgIpc) is 2.59. The first-order chi connectivity index (χ1) is 7.33. The van der Waals surface area contributed by atoms with E-state index in [1.807, 2.05) is 0 Å². The van der Waals surface area contributed by atoms with Crippen LogP contribution >= 0.6 is 0 Å². The minimum Gasteiger partial charge on any atom is -0.354 e. The van der Waals surface area contributed by atoms with Gasteiger partial charge in [-0.2, -0.15) is 0 Å². The Balaban J connectivity index is 2.25. The first kappa shape index (κ1) is 13.4. The van der Waals surface area contributed by atoms with Crippen molar-refractivity contribution in [3.63, 3.8) is 0 Å². The number of amides is 1. The summed E-state index contributed by atoms with van der Waals surface area (Å²) < 4.78 is 21.3. The van der Waals surface area contributed by atoms with Crippen molar-refractivity contribution in [3.8, 4) is 0 Å². The molecule has 7 heteroatoms. The van der Waals surface area contributed by atoms with E-state index in [4.69, 9.17) is 10.9 Å². The first-order valence-electron chi connectivity index (χ1n) is 5.41. The van der Waals surface area contributed by atoms with Crippen molar-refractivity contribution in [2.24, 2.45) is 10.9 Å². The summed E-state index contributed by atoms with van der Waals surface area (Å²) in [6.45, 7) is 0.300. The second-order valence-electron chi connectivity index (χ2n) is 4.34. The zero-order valence-electron chi connectivity index (χ0n) is 9.24. The van der Waals surface area contributed by atoms with Crippen molar-refractivity contribution in [3.05, 3.63) is 0 Å². The highest BCUT2D eigenvalue weighted by Crippen LogP contribution is 2.27. The zero-order valence-corrected chi connectivity index (χ0v) is 10.1. The van der Waals surface area contributed by atoms with Gasteiger partial charge in [-0.05, 0) is 19.3 Å². The number of hydrogen-bond acceptors (Lipinski definition) is 4. The molecule has 0 aliphatic heterocycles. The maximum atomic E-state index is 11.7. The van der Waals surface area contributed by atoms with Crippen molar-refractivity contribution in [1.82, 2.24) is 5.32 Å². The monoisotopic (exact) mass is 249 g/mol. The summed E-state index contributed by atoms with van der Waals surface area (Å²) >= 11 is 0. The molecule has 1 aliphatic rings. The predicted molar refractivity (Wildman–Crippen MR) is 61.0 cm³/mol. The smallest absolute Gasteiger partial charge is 0.240 e. The van der Waals surface area contributed by atoms with E-state index < -0.39 is 15.6 Å². The summed E-state index contributed by atoms with van der Waals surface area (Å²) in [5.74, 6) is -0.301. The van der Waals surface area contributed by atoms with E-state index in [9.17, 15) is 13.2 Å². The van der Waals surface area contributed by atoms with Gasteiger partial charge in [0.25, 0.3) is 0 Å². The summed E-state index contributed by atoms with van der Waals surface area (Å²) in [5, 5.41) is 7.49. The standard InChI is InChI=1S/C9H19N3O3S/c10-9(4-1-2-5-9)8(13)12-6-3-7-16(11,14)15/h1-7,10H2,(H,12,13)(H2,11,14,15). The summed E-state index contributed by atoms with van der Waals surface area (Å²) in [6, 6.07) is 0. The zero-order chi connectivity index (χ0) is 12.2. The van der Waals surface area contributed by atoms with Crippen molar-refractivity contribution in [2.45, 2.75) is 37.6 Å². The van der Waals surface area contributed by atoms with E-state index >= 15 is 0 Å². The minimum absolute atomic E-state index is 0.120. The Kier molecular flexibility index (Phi) is 4.28. The second-order valence-corrected chi connectivity index (χ2v) is 6.07. The van der Waals surface area contributed by atoms with Crippen molar-refractivity contribution >= 4 is 15.9 Å². The molecule has 1 amide bonds. The van der Waals surface area contributed by atoms with E-state index in [2.05, 4.69) is 5.32 Å². The van der Waals surface area contributed by atoms with Crippen LogP contribution in [-0.2, 0) is 14.8 Å². The summed E-state index contributed by atoms with van der Waals surface area (Å²) in [4.78, 5) is 11.7. The maximum Gasteiger partial charge on any atom is 0.240 e. The molecule has 0 heterocycles. The Labute approximate surface area is 95.8 Å². The number of primary sulfonamides is 1. The lowest BCUT2D eigenvalue weighted by atomic mass is 9.98. The molecule has 0 spiro atoms. The average molecular weight is 249 g/mol. The predicted octanol–water partition coefficient (Wildman–Crippen LogP) is -0.947. The van der Waals surface area contributed by atoms with E-state index in [1.54, 1.807) is 0 Å². The lowest BCUT2D eigenvalue weighted by Crippen LogP contribution is -2.52. The van der Waals surface area contributed by atoms with Gasteiger partial charge in [0, 0.05) is 6.54 Å². The highest BCUT2D eigenvalue weighted by Gasteiger charge is 2.36. The molecule has 0 aromatic rings. The molecule has 0 bridgehead atoms. The molecule has 1 aliphatic carbocycles. The van der Waals surface area contributed by atoms with E-state index in [-0.39, 0.29) is 11.7 Å². The summed E-state index contributed by atoms with van der Waals surface area (Å²) in [7, 11) is -3.44. The highest BCUT2D eigenvalue weighted by atomic mass is 32.2. The Hall–Kier alpha value is -0.660. The number of hydrogen-bond donors (Lipinski definition) is 3. The van der Waals surface area contributed by atoms with Crippen LogP contribution in [0.4, 0.5) is 0 Å². The molecule has 1 rings (SSSR count). The number of carbonyl (C=O) groups is 1. The van der Waals surface area contributed by atoms with Gasteiger partial charge in [-0.3, -0.25) is 4.79 Å². The van der Waals surface area contributed by atoms with Crippen LogP contribution < -0.4 is 16.2 Å². The Morgan fingerprint density at radius 3 is 2.38 bits per heavy atom. The molecule has 0 unspecified atom stereocenters. The summed E-state index contributed by atoms with van der Waals surface area (Å²) in [6.07, 6.45) is 3.67. The Bertz CT molecular complexity index is 347. The van der Waals surface area contributed by atoms with Gasteiger partial charge in [0.15, 0.2) is 0 Å². The molecule has 0 aromatic carbocycles. The molecule has 1 saturated carbocycles. The van der Waals surface area contributed by atoms with E-state index in [0.29, 0.717) is 25.8 Å². The van der Waals surface area contributed by atoms with Crippen molar-refractivity contribution < 1.29 is 13.2 Å². The topological polar surface area (TPSA) is 115 Å². The van der Waals surface area contributed by atoms with Gasteiger partial charge in [0.05, 0.1) is 11.3 Å². The quantitative estimate of drug-likeness (QED) is 0.545. The molecule has 1 fully saturated rings. The lowest BCUT2D eigenvalue weighted by Gasteiger charge is -2.22. The third-order valence-corrected chi connectivity index (χ3v) is 3.70. The van der Waals surface area contributed by atoms with Crippen LogP contribution in [0, 0.1) is 0 Å². The number of carbonyl (C=O) groups excluding carboxylic acids is 1. The lowest BCUT2D eigenvalue weighted by molar-refractivity contribution is -0.126. The number of sulfonamides is 1. The highest BCUT2D eigenvalue weighted by molar-refractivity contribution is 7.89. The minimum atomic E-state index is -3.44. The Morgan fingerprint density at radius 1 is 1.31 bits per heavy atom. The van der Waals surface area contributed by atoms with Gasteiger partial charge < -0.3 is 11.1 Å². The molecule has 5 N–H and O–H groups in total. The fraction of sp³-hybridized carbons (Fsp3) is 0.889. The molecule has 0 atom stereocenters. The SMILES string of the molecule is NC1(C(=O)NCCCS(N)(=O)=O)CCCC1. The van der Waals surface area contributed by atoms with Crippen LogP contribution in [0.3, 0.4) is 0 Å². The van der Waals surface area contributed by atoms with Crippen LogP contribution in [0.2, 0.25) is 0 Å². The van der Waals surface area contributed by atoms with Crippen molar-refractivity contribution in [1.29, 1.82) is 0 Å². The fourth-order valence-corrected chi connectivity index (χ4v) is 2.43. The van der Waals surface area contributed by atoms with E-state index in [1.165, 1.54) is 0 Å².